The van der Waals surface area contributed by atoms with Crippen LogP contribution in [0, 0.1) is 23.7 Å². The van der Waals surface area contributed by atoms with Crippen molar-refractivity contribution in [1.82, 2.24) is 4.72 Å². The van der Waals surface area contributed by atoms with Crippen LogP contribution >= 0.6 is 0 Å². The van der Waals surface area contributed by atoms with Crippen LogP contribution in [0.3, 0.4) is 0 Å². The Hall–Kier alpha value is -0.0900. The molecule has 3 nitrogen and oxygen atoms in total. The summed E-state index contributed by atoms with van der Waals surface area (Å²) in [5, 5.41) is -0.0964. The Bertz CT molecular complexity index is 347. The monoisotopic (exact) mass is 229 g/mol. The second-order valence-corrected chi connectivity index (χ2v) is 7.67. The summed E-state index contributed by atoms with van der Waals surface area (Å²) in [7, 11) is -1.47. The van der Waals surface area contributed by atoms with Crippen LogP contribution in [0.15, 0.2) is 0 Å². The van der Waals surface area contributed by atoms with E-state index in [2.05, 4.69) is 4.72 Å². The minimum atomic E-state index is -3.01. The lowest BCUT2D eigenvalue weighted by atomic mass is 9.82. The summed E-state index contributed by atoms with van der Waals surface area (Å²) in [5.74, 6) is 3.18. The van der Waals surface area contributed by atoms with Crippen LogP contribution in [0.25, 0.3) is 0 Å². The third kappa shape index (κ3) is 1.37. The molecule has 0 heterocycles. The summed E-state index contributed by atoms with van der Waals surface area (Å²) in [6.45, 7) is 0. The normalized spacial score (nSPS) is 48.5. The van der Waals surface area contributed by atoms with Gasteiger partial charge in [-0.1, -0.05) is 0 Å². The Balaban J connectivity index is 1.80. The lowest BCUT2D eigenvalue weighted by Gasteiger charge is -2.23. The molecule has 0 aromatic carbocycles. The van der Waals surface area contributed by atoms with Gasteiger partial charge in [0.05, 0.1) is 5.25 Å². The first kappa shape index (κ1) is 10.1. The van der Waals surface area contributed by atoms with Gasteiger partial charge in [-0.3, -0.25) is 0 Å². The Kier molecular flexibility index (Phi) is 2.15. The molecule has 3 aliphatic rings. The SMILES string of the molecule is CNS(=O)(=O)C1CC2C3CCC(C3)C2C1. The Morgan fingerprint density at radius 1 is 1.00 bits per heavy atom. The van der Waals surface area contributed by atoms with Gasteiger partial charge in [0, 0.05) is 0 Å². The van der Waals surface area contributed by atoms with Crippen molar-refractivity contribution < 1.29 is 8.42 Å². The fourth-order valence-electron chi connectivity index (χ4n) is 4.39. The molecule has 3 fully saturated rings. The van der Waals surface area contributed by atoms with Gasteiger partial charge in [0.2, 0.25) is 10.0 Å². The second kappa shape index (κ2) is 3.20. The minimum absolute atomic E-state index is 0.0964. The highest BCUT2D eigenvalue weighted by atomic mass is 32.2. The van der Waals surface area contributed by atoms with E-state index < -0.39 is 10.0 Å². The van der Waals surface area contributed by atoms with E-state index >= 15 is 0 Å². The number of fused-ring (bicyclic) bond motifs is 5. The van der Waals surface area contributed by atoms with E-state index in [1.54, 1.807) is 0 Å². The lowest BCUT2D eigenvalue weighted by molar-refractivity contribution is 0.259. The molecule has 0 amide bonds. The lowest BCUT2D eigenvalue weighted by Crippen LogP contribution is -2.30. The maximum Gasteiger partial charge on any atom is 0.214 e. The Morgan fingerprint density at radius 3 is 2.00 bits per heavy atom. The Labute approximate surface area is 91.7 Å². The predicted octanol–water partition coefficient (Wildman–Crippen LogP) is 1.36. The maximum absolute atomic E-state index is 11.8. The number of hydrogen-bond donors (Lipinski definition) is 1. The molecule has 0 aromatic heterocycles. The van der Waals surface area contributed by atoms with Crippen molar-refractivity contribution in [3.63, 3.8) is 0 Å². The molecule has 0 saturated heterocycles. The fourth-order valence-corrected chi connectivity index (χ4v) is 5.67. The van der Waals surface area contributed by atoms with E-state index in [0.717, 1.165) is 36.5 Å². The van der Waals surface area contributed by atoms with Crippen LogP contribution in [-0.2, 0) is 10.0 Å². The molecule has 4 heteroatoms. The highest BCUT2D eigenvalue weighted by Crippen LogP contribution is 2.59. The van der Waals surface area contributed by atoms with Crippen LogP contribution in [0.1, 0.15) is 32.1 Å². The van der Waals surface area contributed by atoms with E-state index in [4.69, 9.17) is 0 Å². The van der Waals surface area contributed by atoms with Gasteiger partial charge < -0.3 is 0 Å². The molecule has 3 rings (SSSR count). The van der Waals surface area contributed by atoms with E-state index in [1.807, 2.05) is 0 Å². The molecule has 4 unspecified atom stereocenters. The summed E-state index contributed by atoms with van der Waals surface area (Å²) in [4.78, 5) is 0. The third-order valence-corrected chi connectivity index (χ3v) is 6.90. The zero-order valence-electron chi connectivity index (χ0n) is 9.15. The van der Waals surface area contributed by atoms with Crippen molar-refractivity contribution in [2.75, 3.05) is 7.05 Å². The molecule has 3 aliphatic carbocycles. The smallest absolute Gasteiger partial charge is 0.214 e. The van der Waals surface area contributed by atoms with Gasteiger partial charge in [-0.2, -0.15) is 0 Å². The summed E-state index contributed by atoms with van der Waals surface area (Å²) in [6, 6.07) is 0. The molecule has 86 valence electrons. The van der Waals surface area contributed by atoms with Crippen molar-refractivity contribution in [1.29, 1.82) is 0 Å². The molecule has 3 saturated carbocycles. The molecule has 2 bridgehead atoms. The Morgan fingerprint density at radius 2 is 1.53 bits per heavy atom. The van der Waals surface area contributed by atoms with Crippen molar-refractivity contribution in [2.45, 2.75) is 37.4 Å². The quantitative estimate of drug-likeness (QED) is 0.777. The summed E-state index contributed by atoms with van der Waals surface area (Å²) >= 11 is 0. The molecule has 0 aromatic rings. The van der Waals surface area contributed by atoms with Gasteiger partial charge >= 0.3 is 0 Å². The first-order valence-corrected chi connectivity index (χ1v) is 7.59. The van der Waals surface area contributed by atoms with Crippen LogP contribution in [0.5, 0.6) is 0 Å². The average Bonchev–Trinajstić information content (AvgIpc) is 2.89. The first-order valence-electron chi connectivity index (χ1n) is 6.04. The highest BCUT2D eigenvalue weighted by molar-refractivity contribution is 7.90. The summed E-state index contributed by atoms with van der Waals surface area (Å²) in [5.41, 5.74) is 0. The van der Waals surface area contributed by atoms with Crippen LogP contribution in [0.4, 0.5) is 0 Å². The van der Waals surface area contributed by atoms with Gasteiger partial charge in [-0.25, -0.2) is 13.1 Å². The van der Waals surface area contributed by atoms with Crippen LogP contribution < -0.4 is 4.72 Å². The minimum Gasteiger partial charge on any atom is -0.218 e. The van der Waals surface area contributed by atoms with E-state index in [0.29, 0.717) is 0 Å². The van der Waals surface area contributed by atoms with Gasteiger partial charge in [-0.15, -0.1) is 0 Å². The summed E-state index contributed by atoms with van der Waals surface area (Å²) in [6.07, 6.45) is 5.96. The molecule has 0 aliphatic heterocycles. The molecule has 0 spiro atoms. The van der Waals surface area contributed by atoms with Crippen LogP contribution in [-0.4, -0.2) is 20.7 Å². The van der Waals surface area contributed by atoms with Gasteiger partial charge in [-0.05, 0) is 62.8 Å². The zero-order valence-corrected chi connectivity index (χ0v) is 9.96. The molecule has 15 heavy (non-hydrogen) atoms. The molecule has 1 N–H and O–H groups in total. The third-order valence-electron chi connectivity index (χ3n) is 5.07. The zero-order chi connectivity index (χ0) is 10.6. The molecule has 4 atom stereocenters. The van der Waals surface area contributed by atoms with E-state index in [-0.39, 0.29) is 5.25 Å². The summed E-state index contributed by atoms with van der Waals surface area (Å²) < 4.78 is 26.0. The predicted molar refractivity (Wildman–Crippen MR) is 58.8 cm³/mol. The van der Waals surface area contributed by atoms with Crippen molar-refractivity contribution in [3.8, 4) is 0 Å². The van der Waals surface area contributed by atoms with Crippen molar-refractivity contribution in [2.24, 2.45) is 23.7 Å². The maximum atomic E-state index is 11.8. The van der Waals surface area contributed by atoms with E-state index in [1.165, 1.54) is 26.3 Å². The second-order valence-electron chi connectivity index (χ2n) is 5.50. The first-order chi connectivity index (χ1) is 7.12. The van der Waals surface area contributed by atoms with Gasteiger partial charge in [0.1, 0.15) is 0 Å². The standard InChI is InChI=1S/C11H19NO2S/c1-12-15(13,14)9-5-10-7-2-3-8(4-7)11(10)6-9/h7-12H,2-6H2,1H3. The van der Waals surface area contributed by atoms with E-state index in [9.17, 15) is 8.42 Å². The topological polar surface area (TPSA) is 46.2 Å². The molecule has 0 radical (unpaired) electrons. The number of nitrogens with one attached hydrogen (secondary N) is 1. The fraction of sp³-hybridized carbons (Fsp3) is 1.00. The van der Waals surface area contributed by atoms with Crippen molar-refractivity contribution in [3.05, 3.63) is 0 Å². The highest BCUT2D eigenvalue weighted by Gasteiger charge is 2.53. The molecular weight excluding hydrogens is 210 g/mol. The van der Waals surface area contributed by atoms with Crippen LogP contribution in [0.2, 0.25) is 0 Å². The average molecular weight is 229 g/mol. The van der Waals surface area contributed by atoms with Gasteiger partial charge in [0.25, 0.3) is 0 Å². The van der Waals surface area contributed by atoms with Gasteiger partial charge in [0.15, 0.2) is 0 Å². The largest absolute Gasteiger partial charge is 0.218 e. The number of hydrogen-bond acceptors (Lipinski definition) is 2. The molecular formula is C11H19NO2S. The number of rotatable bonds is 2. The number of sulfonamides is 1. The van der Waals surface area contributed by atoms with Crippen molar-refractivity contribution >= 4 is 10.0 Å².